The van der Waals surface area contributed by atoms with Crippen molar-refractivity contribution >= 4 is 55.0 Å². The monoisotopic (exact) mass is 863 g/mol. The third-order valence-electron chi connectivity index (χ3n) is 9.10. The van der Waals surface area contributed by atoms with Crippen LogP contribution in [0.25, 0.3) is 22.5 Å². The zero-order chi connectivity index (χ0) is 42.0. The van der Waals surface area contributed by atoms with E-state index in [1.165, 1.54) is 18.4 Å². The number of sulfone groups is 1. The minimum Gasteiger partial charge on any atom is -0.392 e. The standard InChI is InChI=1S/C21H22ClN3O3S.C20H21ClN4O3S/c1-29(27,28)16-10-8-14(9-11-16)4-2-5-15-12-20(25-21(23)24-15)17-6-3-7-19(22)18(17)13-26;21-18-6-2-5-16(17(18)12-26)19-11-14(24-20(22)25-19)4-1-3-13-7-9-15(10-8-13)29(23,27)28/h3,6-12,26H,2,4-5,13H2,1H3,(H2,23,24,25);2,5-11,26H,1,3-4,12H2,(H2,22,24,25)(H2,23,27,28). The molecule has 0 saturated carbocycles. The van der Waals surface area contributed by atoms with E-state index < -0.39 is 19.9 Å². The van der Waals surface area contributed by atoms with Crippen molar-refractivity contribution in [2.45, 2.75) is 61.5 Å². The van der Waals surface area contributed by atoms with Gasteiger partial charge in [0.2, 0.25) is 21.9 Å². The summed E-state index contributed by atoms with van der Waals surface area (Å²) in [5.41, 5.74) is 19.3. The first-order chi connectivity index (χ1) is 27.5. The van der Waals surface area contributed by atoms with Gasteiger partial charge in [-0.3, -0.25) is 0 Å². The van der Waals surface area contributed by atoms with Gasteiger partial charge in [0.25, 0.3) is 0 Å². The smallest absolute Gasteiger partial charge is 0.238 e. The number of aliphatic hydroxyl groups excluding tert-OH is 2. The van der Waals surface area contributed by atoms with Gasteiger partial charge in [0.1, 0.15) is 0 Å². The Bertz CT molecular complexity index is 2420. The average Bonchev–Trinajstić information content (AvgIpc) is 3.17. The molecule has 2 aromatic heterocycles. The van der Waals surface area contributed by atoms with Crippen molar-refractivity contribution in [3.8, 4) is 22.5 Å². The fourth-order valence-corrected chi connectivity index (χ4v) is 7.80. The van der Waals surface area contributed by atoms with Crippen LogP contribution < -0.4 is 16.6 Å². The Morgan fingerprint density at radius 1 is 0.569 bits per heavy atom. The molecule has 0 radical (unpaired) electrons. The molecule has 304 valence electrons. The number of hydrogen-bond donors (Lipinski definition) is 5. The molecule has 0 unspecified atom stereocenters. The Balaban J connectivity index is 0.000000221. The Labute approximate surface area is 347 Å². The van der Waals surface area contributed by atoms with Gasteiger partial charge in [0, 0.05) is 49.9 Å². The number of halogens is 2. The van der Waals surface area contributed by atoms with Gasteiger partial charge in [-0.2, -0.15) is 0 Å². The molecule has 6 aromatic rings. The number of aromatic nitrogens is 4. The van der Waals surface area contributed by atoms with Crippen molar-refractivity contribution in [2.75, 3.05) is 17.7 Å². The van der Waals surface area contributed by atoms with E-state index in [-0.39, 0.29) is 30.0 Å². The van der Waals surface area contributed by atoms with Gasteiger partial charge in [-0.05, 0) is 98.2 Å². The molecule has 0 bridgehead atoms. The molecule has 8 N–H and O–H groups in total. The fourth-order valence-electron chi connectivity index (χ4n) is 6.18. The highest BCUT2D eigenvalue weighted by molar-refractivity contribution is 7.90. The summed E-state index contributed by atoms with van der Waals surface area (Å²) in [6.07, 6.45) is 5.66. The predicted octanol–water partition coefficient (Wildman–Crippen LogP) is 6.14. The lowest BCUT2D eigenvalue weighted by Crippen LogP contribution is -2.11. The first-order valence-corrected chi connectivity index (χ1v) is 22.2. The second-order valence-corrected chi connectivity index (χ2v) is 17.8. The number of nitrogen functional groups attached to an aromatic ring is 2. The molecular formula is C41H43Cl2N7O6S2. The van der Waals surface area contributed by atoms with Crippen LogP contribution in [0.1, 0.15) is 46.5 Å². The van der Waals surface area contributed by atoms with Crippen LogP contribution in [0.4, 0.5) is 11.9 Å². The van der Waals surface area contributed by atoms with E-state index in [0.29, 0.717) is 55.9 Å². The number of primary sulfonamides is 1. The van der Waals surface area contributed by atoms with Crippen LogP contribution in [-0.2, 0) is 58.8 Å². The topological polar surface area (TPSA) is 238 Å². The van der Waals surface area contributed by atoms with E-state index in [9.17, 15) is 27.0 Å². The summed E-state index contributed by atoms with van der Waals surface area (Å²) in [5.74, 6) is 0.317. The second kappa shape index (κ2) is 19.6. The fraction of sp³-hybridized carbons (Fsp3) is 0.220. The molecule has 58 heavy (non-hydrogen) atoms. The molecule has 17 heteroatoms. The van der Waals surface area contributed by atoms with Gasteiger partial charge in [-0.25, -0.2) is 41.9 Å². The van der Waals surface area contributed by atoms with E-state index in [2.05, 4.69) is 19.9 Å². The number of anilines is 2. The van der Waals surface area contributed by atoms with Gasteiger partial charge >= 0.3 is 0 Å². The summed E-state index contributed by atoms with van der Waals surface area (Å²) >= 11 is 12.3. The molecule has 0 amide bonds. The molecule has 0 saturated heterocycles. The van der Waals surface area contributed by atoms with Crippen molar-refractivity contribution in [3.63, 3.8) is 0 Å². The van der Waals surface area contributed by atoms with Gasteiger partial charge in [0.15, 0.2) is 9.84 Å². The number of sulfonamides is 1. The molecule has 2 heterocycles. The summed E-state index contributed by atoms with van der Waals surface area (Å²) in [7, 11) is -6.87. The van der Waals surface area contributed by atoms with E-state index in [1.807, 2.05) is 36.4 Å². The zero-order valence-electron chi connectivity index (χ0n) is 31.5. The summed E-state index contributed by atoms with van der Waals surface area (Å²) < 4.78 is 45.7. The van der Waals surface area contributed by atoms with Gasteiger partial charge in [-0.1, -0.05) is 71.7 Å². The number of hydrogen-bond acceptors (Lipinski definition) is 12. The number of aliphatic hydroxyl groups is 2. The van der Waals surface area contributed by atoms with Gasteiger partial charge in [0.05, 0.1) is 34.4 Å². The molecule has 0 aliphatic rings. The second-order valence-electron chi connectivity index (χ2n) is 13.4. The lowest BCUT2D eigenvalue weighted by atomic mass is 10.0. The Kier molecular flexibility index (Phi) is 14.9. The quantitative estimate of drug-likeness (QED) is 0.0830. The maximum atomic E-state index is 11.5. The molecular weight excluding hydrogens is 822 g/mol. The lowest BCUT2D eigenvalue weighted by molar-refractivity contribution is 0.282. The van der Waals surface area contributed by atoms with Crippen molar-refractivity contribution in [2.24, 2.45) is 5.14 Å². The number of rotatable bonds is 14. The molecule has 0 atom stereocenters. The van der Waals surface area contributed by atoms with Crippen LogP contribution in [0.15, 0.2) is 107 Å². The molecule has 0 fully saturated rings. The van der Waals surface area contributed by atoms with Crippen molar-refractivity contribution in [1.82, 2.24) is 19.9 Å². The van der Waals surface area contributed by atoms with E-state index in [0.717, 1.165) is 53.8 Å². The highest BCUT2D eigenvalue weighted by Gasteiger charge is 2.14. The van der Waals surface area contributed by atoms with Crippen molar-refractivity contribution in [3.05, 3.63) is 141 Å². The average molecular weight is 865 g/mol. The predicted molar refractivity (Wildman–Crippen MR) is 227 cm³/mol. The maximum Gasteiger partial charge on any atom is 0.238 e. The summed E-state index contributed by atoms with van der Waals surface area (Å²) in [5, 5.41) is 25.3. The van der Waals surface area contributed by atoms with Crippen LogP contribution >= 0.6 is 23.2 Å². The highest BCUT2D eigenvalue weighted by Crippen LogP contribution is 2.30. The van der Waals surface area contributed by atoms with E-state index in [1.54, 1.807) is 48.5 Å². The maximum absolute atomic E-state index is 11.5. The molecule has 4 aromatic carbocycles. The number of aryl methyl sites for hydroxylation is 4. The lowest BCUT2D eigenvalue weighted by Gasteiger charge is -2.11. The Hall–Kier alpha value is -5.00. The molecule has 6 rings (SSSR count). The Morgan fingerprint density at radius 2 is 0.966 bits per heavy atom. The largest absolute Gasteiger partial charge is 0.392 e. The third kappa shape index (κ3) is 12.0. The first-order valence-electron chi connectivity index (χ1n) is 18.0. The summed E-state index contributed by atoms with van der Waals surface area (Å²) in [6, 6.07) is 27.8. The molecule has 0 aliphatic carbocycles. The minimum atomic E-state index is -3.69. The van der Waals surface area contributed by atoms with Crippen LogP contribution in [0.2, 0.25) is 10.0 Å². The zero-order valence-corrected chi connectivity index (χ0v) is 34.7. The molecule has 13 nitrogen and oxygen atoms in total. The minimum absolute atomic E-state index is 0.0932. The third-order valence-corrected chi connectivity index (χ3v) is 11.9. The van der Waals surface area contributed by atoms with E-state index >= 15 is 0 Å². The molecule has 0 spiro atoms. The normalized spacial score (nSPS) is 11.6. The van der Waals surface area contributed by atoms with Crippen LogP contribution in [-0.4, -0.2) is 53.2 Å². The Morgan fingerprint density at radius 3 is 1.33 bits per heavy atom. The van der Waals surface area contributed by atoms with E-state index in [4.69, 9.17) is 39.8 Å². The van der Waals surface area contributed by atoms with Crippen LogP contribution in [0.5, 0.6) is 0 Å². The SMILES string of the molecule is CS(=O)(=O)c1ccc(CCCc2cc(-c3cccc(Cl)c3CO)nc(N)n2)cc1.Nc1nc(CCCc2ccc(S(N)(=O)=O)cc2)cc(-c2cccc(Cl)c2CO)n1. The number of nitrogens with two attached hydrogens (primary N) is 3. The molecule has 0 aliphatic heterocycles. The van der Waals surface area contributed by atoms with Crippen LogP contribution in [0, 0.1) is 0 Å². The van der Waals surface area contributed by atoms with Crippen molar-refractivity contribution in [1.29, 1.82) is 0 Å². The summed E-state index contributed by atoms with van der Waals surface area (Å²) in [4.78, 5) is 17.6. The summed E-state index contributed by atoms with van der Waals surface area (Å²) in [6.45, 7) is -0.402. The van der Waals surface area contributed by atoms with Gasteiger partial charge < -0.3 is 21.7 Å². The number of benzene rings is 4. The highest BCUT2D eigenvalue weighted by atomic mass is 35.5. The first kappa shape index (κ1) is 44.1. The van der Waals surface area contributed by atoms with Crippen LogP contribution in [0.3, 0.4) is 0 Å². The number of nitrogens with zero attached hydrogens (tertiary/aromatic N) is 4. The van der Waals surface area contributed by atoms with Gasteiger partial charge in [-0.15, -0.1) is 0 Å². The van der Waals surface area contributed by atoms with Crippen molar-refractivity contribution < 1.29 is 27.0 Å².